The Morgan fingerprint density at radius 2 is 2.00 bits per heavy atom. The third-order valence-corrected chi connectivity index (χ3v) is 2.74. The van der Waals surface area contributed by atoms with Crippen molar-refractivity contribution in [2.75, 3.05) is 18.5 Å². The van der Waals surface area contributed by atoms with E-state index in [0.29, 0.717) is 13.2 Å². The van der Waals surface area contributed by atoms with Crippen LogP contribution in [-0.4, -0.2) is 30.3 Å². The number of aliphatic hydroxyl groups excluding tert-OH is 1. The van der Waals surface area contributed by atoms with Gasteiger partial charge in [-0.05, 0) is 31.0 Å². The van der Waals surface area contributed by atoms with Crippen LogP contribution in [-0.2, 0) is 16.0 Å². The van der Waals surface area contributed by atoms with Gasteiger partial charge in [0, 0.05) is 12.2 Å². The Morgan fingerprint density at radius 1 is 1.32 bits per heavy atom. The number of rotatable bonds is 8. The summed E-state index contributed by atoms with van der Waals surface area (Å²) in [4.78, 5) is 11.2. The SMILES string of the molecule is CCCc1ccc(NCC(O)CC(=O)OCC)cc1. The van der Waals surface area contributed by atoms with Crippen molar-refractivity contribution in [1.29, 1.82) is 0 Å². The lowest BCUT2D eigenvalue weighted by Gasteiger charge is -2.12. The van der Waals surface area contributed by atoms with Crippen LogP contribution in [0.25, 0.3) is 0 Å². The van der Waals surface area contributed by atoms with E-state index < -0.39 is 6.10 Å². The van der Waals surface area contributed by atoms with Gasteiger partial charge >= 0.3 is 5.97 Å². The predicted molar refractivity (Wildman–Crippen MR) is 76.2 cm³/mol. The van der Waals surface area contributed by atoms with E-state index >= 15 is 0 Å². The molecule has 0 radical (unpaired) electrons. The van der Waals surface area contributed by atoms with Crippen molar-refractivity contribution in [3.8, 4) is 0 Å². The Kier molecular flexibility index (Phi) is 6.97. The van der Waals surface area contributed by atoms with Crippen molar-refractivity contribution in [1.82, 2.24) is 0 Å². The molecule has 0 saturated carbocycles. The predicted octanol–water partition coefficient (Wildman–Crippen LogP) is 2.37. The number of hydrogen-bond acceptors (Lipinski definition) is 4. The second-order valence-corrected chi connectivity index (χ2v) is 4.49. The highest BCUT2D eigenvalue weighted by Gasteiger charge is 2.11. The van der Waals surface area contributed by atoms with E-state index in [9.17, 15) is 9.90 Å². The molecule has 1 aromatic rings. The summed E-state index contributed by atoms with van der Waals surface area (Å²) in [6.07, 6.45) is 1.50. The molecule has 106 valence electrons. The first-order valence-corrected chi connectivity index (χ1v) is 6.82. The van der Waals surface area contributed by atoms with Crippen molar-refractivity contribution in [2.45, 2.75) is 39.2 Å². The molecule has 1 unspecified atom stereocenters. The van der Waals surface area contributed by atoms with Gasteiger partial charge in [0.15, 0.2) is 0 Å². The lowest BCUT2D eigenvalue weighted by Crippen LogP contribution is -2.23. The van der Waals surface area contributed by atoms with Crippen LogP contribution in [0.5, 0.6) is 0 Å². The van der Waals surface area contributed by atoms with Gasteiger partial charge in [-0.3, -0.25) is 4.79 Å². The lowest BCUT2D eigenvalue weighted by molar-refractivity contribution is -0.145. The molecular weight excluding hydrogens is 242 g/mol. The van der Waals surface area contributed by atoms with Crippen LogP contribution in [0.15, 0.2) is 24.3 Å². The van der Waals surface area contributed by atoms with Crippen LogP contribution in [0.2, 0.25) is 0 Å². The highest BCUT2D eigenvalue weighted by molar-refractivity contribution is 5.70. The van der Waals surface area contributed by atoms with E-state index in [1.54, 1.807) is 6.92 Å². The summed E-state index contributed by atoms with van der Waals surface area (Å²) in [5.41, 5.74) is 2.25. The number of ether oxygens (including phenoxy) is 1. The molecular formula is C15H23NO3. The average molecular weight is 265 g/mol. The molecule has 1 rings (SSSR count). The lowest BCUT2D eigenvalue weighted by atomic mass is 10.1. The van der Waals surface area contributed by atoms with Gasteiger partial charge < -0.3 is 15.2 Å². The standard InChI is InChI=1S/C15H23NO3/c1-3-5-12-6-8-13(9-7-12)16-11-14(17)10-15(18)19-4-2/h6-9,14,16-17H,3-5,10-11H2,1-2H3. The zero-order chi connectivity index (χ0) is 14.1. The molecule has 1 atom stereocenters. The van der Waals surface area contributed by atoms with E-state index in [0.717, 1.165) is 18.5 Å². The number of aryl methyl sites for hydroxylation is 1. The van der Waals surface area contributed by atoms with E-state index in [2.05, 4.69) is 24.4 Å². The second-order valence-electron chi connectivity index (χ2n) is 4.49. The van der Waals surface area contributed by atoms with Crippen LogP contribution in [0.3, 0.4) is 0 Å². The first-order valence-electron chi connectivity index (χ1n) is 6.82. The third kappa shape index (κ3) is 6.25. The Bertz CT molecular complexity index is 375. The molecule has 4 nitrogen and oxygen atoms in total. The minimum Gasteiger partial charge on any atom is -0.466 e. The van der Waals surface area contributed by atoms with Gasteiger partial charge in [-0.15, -0.1) is 0 Å². The molecule has 0 spiro atoms. The fourth-order valence-corrected chi connectivity index (χ4v) is 1.80. The maximum atomic E-state index is 11.2. The summed E-state index contributed by atoms with van der Waals surface area (Å²) in [6, 6.07) is 8.12. The Labute approximate surface area is 114 Å². The summed E-state index contributed by atoms with van der Waals surface area (Å²) in [5, 5.41) is 12.8. The highest BCUT2D eigenvalue weighted by atomic mass is 16.5. The van der Waals surface area contributed by atoms with Crippen molar-refractivity contribution in [3.63, 3.8) is 0 Å². The summed E-state index contributed by atoms with van der Waals surface area (Å²) >= 11 is 0. The number of benzene rings is 1. The van der Waals surface area contributed by atoms with Gasteiger partial charge in [-0.1, -0.05) is 25.5 Å². The smallest absolute Gasteiger partial charge is 0.308 e. The number of aliphatic hydroxyl groups is 1. The summed E-state index contributed by atoms with van der Waals surface area (Å²) in [7, 11) is 0. The second kappa shape index (κ2) is 8.53. The largest absolute Gasteiger partial charge is 0.466 e. The van der Waals surface area contributed by atoms with Gasteiger partial charge in [0.2, 0.25) is 0 Å². The van der Waals surface area contributed by atoms with Crippen molar-refractivity contribution in [2.24, 2.45) is 0 Å². The molecule has 0 saturated heterocycles. The zero-order valence-corrected chi connectivity index (χ0v) is 11.7. The number of nitrogens with one attached hydrogen (secondary N) is 1. The number of carbonyl (C=O) groups is 1. The van der Waals surface area contributed by atoms with Gasteiger partial charge in [0.25, 0.3) is 0 Å². The van der Waals surface area contributed by atoms with E-state index in [4.69, 9.17) is 4.74 Å². The fourth-order valence-electron chi connectivity index (χ4n) is 1.80. The van der Waals surface area contributed by atoms with Crippen LogP contribution >= 0.6 is 0 Å². The monoisotopic (exact) mass is 265 g/mol. The minimum absolute atomic E-state index is 0.0226. The summed E-state index contributed by atoms with van der Waals surface area (Å²) < 4.78 is 4.78. The third-order valence-electron chi connectivity index (χ3n) is 2.74. The van der Waals surface area contributed by atoms with E-state index in [-0.39, 0.29) is 12.4 Å². The molecule has 0 aliphatic heterocycles. The van der Waals surface area contributed by atoms with Gasteiger partial charge in [0.1, 0.15) is 0 Å². The topological polar surface area (TPSA) is 58.6 Å². The van der Waals surface area contributed by atoms with Gasteiger partial charge in [-0.2, -0.15) is 0 Å². The molecule has 2 N–H and O–H groups in total. The van der Waals surface area contributed by atoms with Crippen LogP contribution in [0, 0.1) is 0 Å². The van der Waals surface area contributed by atoms with Crippen molar-refractivity contribution in [3.05, 3.63) is 29.8 Å². The van der Waals surface area contributed by atoms with Crippen LogP contribution < -0.4 is 5.32 Å². The van der Waals surface area contributed by atoms with Gasteiger partial charge in [-0.25, -0.2) is 0 Å². The fraction of sp³-hybridized carbons (Fsp3) is 0.533. The number of hydrogen-bond donors (Lipinski definition) is 2. The Morgan fingerprint density at radius 3 is 2.58 bits per heavy atom. The molecule has 4 heteroatoms. The van der Waals surface area contributed by atoms with Crippen molar-refractivity contribution >= 4 is 11.7 Å². The summed E-state index contributed by atoms with van der Waals surface area (Å²) in [6.45, 7) is 4.59. The average Bonchev–Trinajstić information content (AvgIpc) is 2.38. The maximum Gasteiger partial charge on any atom is 0.308 e. The number of esters is 1. The van der Waals surface area contributed by atoms with Gasteiger partial charge in [0.05, 0.1) is 19.1 Å². The molecule has 0 fully saturated rings. The first-order chi connectivity index (χ1) is 9.15. The molecule has 0 bridgehead atoms. The molecule has 1 aromatic carbocycles. The Hall–Kier alpha value is -1.55. The number of anilines is 1. The highest BCUT2D eigenvalue weighted by Crippen LogP contribution is 2.11. The van der Waals surface area contributed by atoms with Crippen LogP contribution in [0.1, 0.15) is 32.3 Å². The molecule has 0 aliphatic carbocycles. The minimum atomic E-state index is -0.727. The molecule has 0 aliphatic rings. The number of carbonyl (C=O) groups excluding carboxylic acids is 1. The Balaban J connectivity index is 2.33. The molecule has 0 aromatic heterocycles. The maximum absolute atomic E-state index is 11.2. The van der Waals surface area contributed by atoms with E-state index in [1.165, 1.54) is 5.56 Å². The molecule has 0 amide bonds. The normalized spacial score (nSPS) is 11.9. The summed E-state index contributed by atoms with van der Waals surface area (Å²) in [5.74, 6) is -0.366. The zero-order valence-electron chi connectivity index (χ0n) is 11.7. The molecule has 0 heterocycles. The first kappa shape index (κ1) is 15.5. The van der Waals surface area contributed by atoms with Crippen LogP contribution in [0.4, 0.5) is 5.69 Å². The van der Waals surface area contributed by atoms with E-state index in [1.807, 2.05) is 12.1 Å². The van der Waals surface area contributed by atoms with Crippen molar-refractivity contribution < 1.29 is 14.6 Å². The quantitative estimate of drug-likeness (QED) is 0.708. The molecule has 19 heavy (non-hydrogen) atoms.